The second-order valence-electron chi connectivity index (χ2n) is 15.1. The van der Waals surface area contributed by atoms with Gasteiger partial charge in [-0.3, -0.25) is 0 Å². The molecule has 292 valence electrons. The third-order valence-electron chi connectivity index (χ3n) is 11.6. The number of hydrogen-bond acceptors (Lipinski definition) is 0. The van der Waals surface area contributed by atoms with Crippen molar-refractivity contribution in [2.24, 2.45) is 0 Å². The average molecular weight is 977 g/mol. The molecule has 0 atom stereocenters. The first kappa shape index (κ1) is 39.1. The van der Waals surface area contributed by atoms with E-state index in [1.54, 1.807) is 0 Å². The SMILES string of the molecule is Brc1ccc(-n2c3ccccc3c3cccc(-c4ccccc4)c32)c2ccccc12.Brc1ccc(Br)c2ccccc12.c1ccc(-c2cccc3c2Cc2ccccc2-3)cc1. The molecular formula is C57H38Br3N. The monoisotopic (exact) mass is 973 g/mol. The van der Waals surface area contributed by atoms with E-state index in [0.717, 1.165) is 19.8 Å². The van der Waals surface area contributed by atoms with Gasteiger partial charge in [0.05, 0.1) is 16.7 Å². The van der Waals surface area contributed by atoms with E-state index in [9.17, 15) is 0 Å². The van der Waals surface area contributed by atoms with Crippen LogP contribution in [0.15, 0.2) is 232 Å². The van der Waals surface area contributed by atoms with Gasteiger partial charge < -0.3 is 4.57 Å². The smallest absolute Gasteiger partial charge is 0.0619 e. The van der Waals surface area contributed by atoms with Crippen LogP contribution < -0.4 is 0 Å². The summed E-state index contributed by atoms with van der Waals surface area (Å²) >= 11 is 10.8. The first-order chi connectivity index (χ1) is 30.0. The van der Waals surface area contributed by atoms with Crippen molar-refractivity contribution in [3.8, 4) is 39.1 Å². The van der Waals surface area contributed by atoms with Crippen LogP contribution in [0.25, 0.3) is 82.4 Å². The maximum atomic E-state index is 3.74. The summed E-state index contributed by atoms with van der Waals surface area (Å²) in [5, 5.41) is 7.49. The summed E-state index contributed by atoms with van der Waals surface area (Å²) in [6.45, 7) is 0. The number of hydrogen-bond donors (Lipinski definition) is 0. The topological polar surface area (TPSA) is 4.93 Å². The summed E-state index contributed by atoms with van der Waals surface area (Å²) in [6.07, 6.45) is 1.05. The highest BCUT2D eigenvalue weighted by atomic mass is 79.9. The Kier molecular flexibility index (Phi) is 11.0. The quantitative estimate of drug-likeness (QED) is 0.166. The van der Waals surface area contributed by atoms with Gasteiger partial charge in [0.2, 0.25) is 0 Å². The number of benzene rings is 10. The van der Waals surface area contributed by atoms with Gasteiger partial charge in [-0.2, -0.15) is 0 Å². The van der Waals surface area contributed by atoms with Crippen molar-refractivity contribution in [2.75, 3.05) is 0 Å². The van der Waals surface area contributed by atoms with Gasteiger partial charge >= 0.3 is 0 Å². The van der Waals surface area contributed by atoms with Gasteiger partial charge in [-0.15, -0.1) is 0 Å². The summed E-state index contributed by atoms with van der Waals surface area (Å²) in [7, 11) is 0. The number of aromatic nitrogens is 1. The maximum absolute atomic E-state index is 3.74. The lowest BCUT2D eigenvalue weighted by molar-refractivity contribution is 1.20. The molecule has 1 aliphatic carbocycles. The molecule has 0 radical (unpaired) electrons. The highest BCUT2D eigenvalue weighted by molar-refractivity contribution is 9.11. The van der Waals surface area contributed by atoms with E-state index >= 15 is 0 Å². The number of rotatable bonds is 3. The highest BCUT2D eigenvalue weighted by Gasteiger charge is 2.21. The lowest BCUT2D eigenvalue weighted by atomic mass is 9.96. The summed E-state index contributed by atoms with van der Waals surface area (Å²) in [4.78, 5) is 0. The fraction of sp³-hybridized carbons (Fsp3) is 0.0175. The minimum atomic E-state index is 1.05. The molecule has 61 heavy (non-hydrogen) atoms. The van der Waals surface area contributed by atoms with E-state index in [-0.39, 0.29) is 0 Å². The zero-order valence-electron chi connectivity index (χ0n) is 33.1. The minimum absolute atomic E-state index is 1.05. The number of halogens is 3. The van der Waals surface area contributed by atoms with Crippen molar-refractivity contribution in [3.63, 3.8) is 0 Å². The van der Waals surface area contributed by atoms with E-state index in [1.807, 2.05) is 24.3 Å². The summed E-state index contributed by atoms with van der Waals surface area (Å²) in [5.41, 5.74) is 14.5. The van der Waals surface area contributed by atoms with Crippen molar-refractivity contribution in [1.29, 1.82) is 0 Å². The molecule has 1 aliphatic rings. The molecule has 1 nitrogen and oxygen atoms in total. The first-order valence-corrected chi connectivity index (χ1v) is 22.8. The molecule has 0 spiro atoms. The van der Waals surface area contributed by atoms with Crippen LogP contribution in [0.2, 0.25) is 0 Å². The molecule has 1 aromatic heterocycles. The minimum Gasteiger partial charge on any atom is -0.308 e. The number of nitrogens with zero attached hydrogens (tertiary/aromatic N) is 1. The zero-order valence-corrected chi connectivity index (χ0v) is 37.8. The molecule has 11 aromatic rings. The first-order valence-electron chi connectivity index (χ1n) is 20.4. The third kappa shape index (κ3) is 7.44. The molecule has 0 N–H and O–H groups in total. The standard InChI is InChI=1S/C28H18BrN.C19H14.C10H6Br2/c29-25-17-18-27(22-12-5-4-11-21(22)25)30-26-16-7-6-13-23(26)24-15-8-14-20(28(24)30)19-9-2-1-3-10-19;1-2-7-14(8-3-1)16-11-6-12-18-17-10-5-4-9-15(17)13-19(16)18;11-9-5-6-10(12)8-4-2-1-3-7(8)9/h1-18H;1-12H,13H2;1-6H. The van der Waals surface area contributed by atoms with Gasteiger partial charge in [0.25, 0.3) is 0 Å². The number of para-hydroxylation sites is 2. The van der Waals surface area contributed by atoms with Crippen LogP contribution in [0.1, 0.15) is 11.1 Å². The van der Waals surface area contributed by atoms with E-state index in [0.29, 0.717) is 0 Å². The van der Waals surface area contributed by atoms with E-state index in [4.69, 9.17) is 0 Å². The lowest BCUT2D eigenvalue weighted by Gasteiger charge is -2.15. The van der Waals surface area contributed by atoms with Crippen molar-refractivity contribution in [1.82, 2.24) is 4.57 Å². The molecule has 12 rings (SSSR count). The average Bonchev–Trinajstić information content (AvgIpc) is 3.88. The zero-order chi connectivity index (χ0) is 41.3. The Hall–Kier alpha value is -6.04. The molecule has 0 bridgehead atoms. The Balaban J connectivity index is 0.000000122. The van der Waals surface area contributed by atoms with Gasteiger partial charge in [0, 0.05) is 35.1 Å². The fourth-order valence-electron chi connectivity index (χ4n) is 8.83. The number of fused-ring (bicyclic) bond motifs is 8. The Morgan fingerprint density at radius 3 is 1.43 bits per heavy atom. The third-order valence-corrected chi connectivity index (χ3v) is 13.7. The Labute approximate surface area is 381 Å². The van der Waals surface area contributed by atoms with Gasteiger partial charge in [-0.05, 0) is 91.9 Å². The van der Waals surface area contributed by atoms with E-state index < -0.39 is 0 Å². The second-order valence-corrected chi connectivity index (χ2v) is 17.7. The molecule has 0 saturated carbocycles. The van der Waals surface area contributed by atoms with Crippen LogP contribution in [0.5, 0.6) is 0 Å². The van der Waals surface area contributed by atoms with Crippen LogP contribution in [0, 0.1) is 0 Å². The van der Waals surface area contributed by atoms with Crippen LogP contribution in [0.4, 0.5) is 0 Å². The van der Waals surface area contributed by atoms with Crippen LogP contribution >= 0.6 is 47.8 Å². The van der Waals surface area contributed by atoms with Crippen molar-refractivity contribution in [2.45, 2.75) is 6.42 Å². The van der Waals surface area contributed by atoms with Crippen molar-refractivity contribution >= 4 is 91.1 Å². The molecule has 0 fully saturated rings. The lowest BCUT2D eigenvalue weighted by Crippen LogP contribution is -1.97. The van der Waals surface area contributed by atoms with E-state index in [2.05, 4.69) is 246 Å². The maximum Gasteiger partial charge on any atom is 0.0619 e. The van der Waals surface area contributed by atoms with Crippen LogP contribution in [0.3, 0.4) is 0 Å². The molecule has 10 aromatic carbocycles. The summed E-state index contributed by atoms with van der Waals surface area (Å²) in [6, 6.07) is 77.4. The summed E-state index contributed by atoms with van der Waals surface area (Å²) < 4.78 is 5.83. The van der Waals surface area contributed by atoms with Gasteiger partial charge in [0.1, 0.15) is 0 Å². The molecule has 1 heterocycles. The predicted octanol–water partition coefficient (Wildman–Crippen LogP) is 17.7. The highest BCUT2D eigenvalue weighted by Crippen LogP contribution is 2.42. The summed E-state index contributed by atoms with van der Waals surface area (Å²) in [5.74, 6) is 0. The van der Waals surface area contributed by atoms with Crippen molar-refractivity contribution < 1.29 is 0 Å². The molecule has 0 amide bonds. The normalized spacial score (nSPS) is 11.5. The molecule has 4 heteroatoms. The van der Waals surface area contributed by atoms with Gasteiger partial charge in [-0.25, -0.2) is 0 Å². The Bertz CT molecular complexity index is 3330. The fourth-order valence-corrected chi connectivity index (χ4v) is 10.3. The molecular weight excluding hydrogens is 938 g/mol. The Morgan fingerprint density at radius 1 is 0.311 bits per heavy atom. The largest absolute Gasteiger partial charge is 0.308 e. The Morgan fingerprint density at radius 2 is 0.754 bits per heavy atom. The predicted molar refractivity (Wildman–Crippen MR) is 271 cm³/mol. The molecule has 0 aliphatic heterocycles. The van der Waals surface area contributed by atoms with Gasteiger partial charge in [-0.1, -0.05) is 236 Å². The van der Waals surface area contributed by atoms with Crippen LogP contribution in [-0.4, -0.2) is 4.57 Å². The van der Waals surface area contributed by atoms with E-state index in [1.165, 1.54) is 93.5 Å². The molecule has 0 saturated heterocycles. The van der Waals surface area contributed by atoms with Crippen molar-refractivity contribution in [3.05, 3.63) is 243 Å². The molecule has 0 unspecified atom stereocenters. The second kappa shape index (κ2) is 17.1. The van der Waals surface area contributed by atoms with Gasteiger partial charge in [0.15, 0.2) is 0 Å². The van der Waals surface area contributed by atoms with Crippen LogP contribution in [-0.2, 0) is 6.42 Å².